The van der Waals surface area contributed by atoms with Crippen molar-refractivity contribution in [3.63, 3.8) is 0 Å². The van der Waals surface area contributed by atoms with Crippen molar-refractivity contribution in [3.05, 3.63) is 0 Å². The van der Waals surface area contributed by atoms with E-state index in [1.165, 1.54) is 12.8 Å². The van der Waals surface area contributed by atoms with E-state index in [0.717, 1.165) is 18.8 Å². The first-order chi connectivity index (χ1) is 6.36. The van der Waals surface area contributed by atoms with Gasteiger partial charge in [0.1, 0.15) is 4.32 Å². The molecule has 84 valence electrons. The summed E-state index contributed by atoms with van der Waals surface area (Å²) < 4.78 is -0.731. The summed E-state index contributed by atoms with van der Waals surface area (Å²) >= 11 is 3.23. The molecule has 1 N–H and O–H groups in total. The van der Waals surface area contributed by atoms with Crippen LogP contribution in [-0.4, -0.2) is 15.4 Å². The second-order valence-corrected chi connectivity index (χ2v) is 6.25. The average Bonchev–Trinajstić information content (AvgIpc) is 2.02. The Kier molecular flexibility index (Phi) is 6.41. The van der Waals surface area contributed by atoms with Crippen molar-refractivity contribution in [2.24, 2.45) is 5.92 Å². The molecule has 0 aliphatic rings. The molecule has 1 atom stereocenters. The van der Waals surface area contributed by atoms with Gasteiger partial charge in [-0.3, -0.25) is 4.79 Å². The van der Waals surface area contributed by atoms with Crippen LogP contribution in [0.15, 0.2) is 0 Å². The number of unbranched alkanes of at least 4 members (excludes halogenated alkanes) is 2. The monoisotopic (exact) mass is 264 g/mol. The molecule has 3 heteroatoms. The normalized spacial score (nSPS) is 15.5. The summed E-state index contributed by atoms with van der Waals surface area (Å²) in [5, 5.41) is 8.84. The van der Waals surface area contributed by atoms with E-state index in [1.807, 2.05) is 0 Å². The maximum atomic E-state index is 10.7. The lowest BCUT2D eigenvalue weighted by Gasteiger charge is -2.16. The minimum absolute atomic E-state index is 0.709. The van der Waals surface area contributed by atoms with Crippen LogP contribution in [0.25, 0.3) is 0 Å². The highest BCUT2D eigenvalue weighted by Crippen LogP contribution is 2.25. The highest BCUT2D eigenvalue weighted by molar-refractivity contribution is 9.10. The summed E-state index contributed by atoms with van der Waals surface area (Å²) in [7, 11) is 0. The third-order valence-corrected chi connectivity index (χ3v) is 3.11. The Bertz CT molecular complexity index is 176. The van der Waals surface area contributed by atoms with Gasteiger partial charge in [-0.1, -0.05) is 55.5 Å². The standard InChI is InChI=1S/C11H21BrO2/c1-9(2)7-5-4-6-8-11(3,12)10(13)14/h9H,4-8H2,1-3H3,(H,13,14). The SMILES string of the molecule is CC(C)CCCCCC(C)(Br)C(=O)O. The number of alkyl halides is 1. The van der Waals surface area contributed by atoms with Crippen molar-refractivity contribution in [2.75, 3.05) is 0 Å². The Morgan fingerprint density at radius 3 is 2.36 bits per heavy atom. The number of halogens is 1. The van der Waals surface area contributed by atoms with Gasteiger partial charge < -0.3 is 5.11 Å². The maximum Gasteiger partial charge on any atom is 0.320 e. The third-order valence-electron chi connectivity index (χ3n) is 2.37. The number of rotatable bonds is 7. The second-order valence-electron chi connectivity index (χ2n) is 4.50. The van der Waals surface area contributed by atoms with Gasteiger partial charge in [0.2, 0.25) is 0 Å². The van der Waals surface area contributed by atoms with Crippen LogP contribution in [0.1, 0.15) is 52.9 Å². The van der Waals surface area contributed by atoms with Gasteiger partial charge in [-0.15, -0.1) is 0 Å². The fraction of sp³-hybridized carbons (Fsp3) is 0.909. The molecule has 0 rings (SSSR count). The van der Waals surface area contributed by atoms with Gasteiger partial charge in [0, 0.05) is 0 Å². The first-order valence-corrected chi connectivity index (χ1v) is 6.08. The number of carboxylic acid groups (broad SMARTS) is 1. The summed E-state index contributed by atoms with van der Waals surface area (Å²) in [5.74, 6) is -0.00816. The molecule has 1 unspecified atom stereocenters. The van der Waals surface area contributed by atoms with Crippen LogP contribution in [0.3, 0.4) is 0 Å². The van der Waals surface area contributed by atoms with Crippen molar-refractivity contribution < 1.29 is 9.90 Å². The average molecular weight is 265 g/mol. The van der Waals surface area contributed by atoms with Crippen molar-refractivity contribution >= 4 is 21.9 Å². The van der Waals surface area contributed by atoms with Gasteiger partial charge in [0.15, 0.2) is 0 Å². The zero-order chi connectivity index (χ0) is 11.2. The molecule has 2 nitrogen and oxygen atoms in total. The Hall–Kier alpha value is -0.0500. The first-order valence-electron chi connectivity index (χ1n) is 5.28. The molecule has 14 heavy (non-hydrogen) atoms. The van der Waals surface area contributed by atoms with Gasteiger partial charge in [0.25, 0.3) is 0 Å². The van der Waals surface area contributed by atoms with E-state index in [4.69, 9.17) is 5.11 Å². The van der Waals surface area contributed by atoms with Gasteiger partial charge >= 0.3 is 5.97 Å². The molecule has 0 aliphatic heterocycles. The van der Waals surface area contributed by atoms with Crippen LogP contribution >= 0.6 is 15.9 Å². The zero-order valence-corrected chi connectivity index (χ0v) is 10.9. The predicted octanol–water partition coefficient (Wildman–Crippen LogP) is 3.83. The van der Waals surface area contributed by atoms with Crippen molar-refractivity contribution in [2.45, 2.75) is 57.2 Å². The van der Waals surface area contributed by atoms with Crippen LogP contribution in [0.2, 0.25) is 0 Å². The molecular weight excluding hydrogens is 244 g/mol. The van der Waals surface area contributed by atoms with Gasteiger partial charge in [-0.2, -0.15) is 0 Å². The largest absolute Gasteiger partial charge is 0.480 e. The minimum atomic E-state index is -0.763. The Morgan fingerprint density at radius 1 is 1.36 bits per heavy atom. The lowest BCUT2D eigenvalue weighted by Crippen LogP contribution is -2.27. The molecule has 0 aromatic rings. The summed E-state index contributed by atoms with van der Waals surface area (Å²) in [4.78, 5) is 10.7. The fourth-order valence-electron chi connectivity index (χ4n) is 1.29. The maximum absolute atomic E-state index is 10.7. The van der Waals surface area contributed by atoms with Crippen molar-refractivity contribution in [3.8, 4) is 0 Å². The van der Waals surface area contributed by atoms with E-state index in [2.05, 4.69) is 29.8 Å². The lowest BCUT2D eigenvalue weighted by atomic mass is 10.00. The smallest absolute Gasteiger partial charge is 0.320 e. The van der Waals surface area contributed by atoms with E-state index in [1.54, 1.807) is 6.92 Å². The predicted molar refractivity (Wildman–Crippen MR) is 62.9 cm³/mol. The Labute approximate surface area is 95.2 Å². The fourth-order valence-corrected chi connectivity index (χ4v) is 1.57. The highest BCUT2D eigenvalue weighted by atomic mass is 79.9. The topological polar surface area (TPSA) is 37.3 Å². The molecule has 0 saturated carbocycles. The van der Waals surface area contributed by atoms with Gasteiger partial charge in [-0.25, -0.2) is 0 Å². The van der Waals surface area contributed by atoms with E-state index in [-0.39, 0.29) is 0 Å². The van der Waals surface area contributed by atoms with Crippen LogP contribution in [0, 0.1) is 5.92 Å². The number of carboxylic acids is 1. The van der Waals surface area contributed by atoms with E-state index < -0.39 is 10.3 Å². The molecule has 0 radical (unpaired) electrons. The number of carbonyl (C=O) groups is 1. The number of hydrogen-bond acceptors (Lipinski definition) is 1. The summed E-state index contributed by atoms with van der Waals surface area (Å²) in [6.45, 7) is 6.15. The summed E-state index contributed by atoms with van der Waals surface area (Å²) in [6.07, 6.45) is 5.28. The van der Waals surface area contributed by atoms with E-state index >= 15 is 0 Å². The van der Waals surface area contributed by atoms with Crippen LogP contribution in [-0.2, 0) is 4.79 Å². The summed E-state index contributed by atoms with van der Waals surface area (Å²) in [6, 6.07) is 0. The van der Waals surface area contributed by atoms with E-state index in [0.29, 0.717) is 6.42 Å². The summed E-state index contributed by atoms with van der Waals surface area (Å²) in [5.41, 5.74) is 0. The van der Waals surface area contributed by atoms with Gasteiger partial charge in [-0.05, 0) is 19.3 Å². The lowest BCUT2D eigenvalue weighted by molar-refractivity contribution is -0.139. The molecule has 0 amide bonds. The van der Waals surface area contributed by atoms with Crippen LogP contribution in [0.4, 0.5) is 0 Å². The molecule has 0 heterocycles. The molecule has 0 aromatic carbocycles. The third kappa shape index (κ3) is 6.41. The zero-order valence-electron chi connectivity index (χ0n) is 9.35. The van der Waals surface area contributed by atoms with E-state index in [9.17, 15) is 4.79 Å². The number of aliphatic carboxylic acids is 1. The molecule has 0 fully saturated rings. The molecule has 0 bridgehead atoms. The van der Waals surface area contributed by atoms with Crippen LogP contribution in [0.5, 0.6) is 0 Å². The Morgan fingerprint density at radius 2 is 1.93 bits per heavy atom. The first kappa shape index (κ1) is 13.9. The highest BCUT2D eigenvalue weighted by Gasteiger charge is 2.28. The van der Waals surface area contributed by atoms with Crippen molar-refractivity contribution in [1.29, 1.82) is 0 Å². The molecule has 0 saturated heterocycles. The molecule has 0 aromatic heterocycles. The number of hydrogen-bond donors (Lipinski definition) is 1. The molecule has 0 aliphatic carbocycles. The van der Waals surface area contributed by atoms with Crippen molar-refractivity contribution in [1.82, 2.24) is 0 Å². The second kappa shape index (κ2) is 6.44. The Balaban J connectivity index is 3.49. The van der Waals surface area contributed by atoms with Crippen LogP contribution < -0.4 is 0 Å². The molecule has 0 spiro atoms. The van der Waals surface area contributed by atoms with Gasteiger partial charge in [0.05, 0.1) is 0 Å². The molecular formula is C11H21BrO2. The minimum Gasteiger partial charge on any atom is -0.480 e. The quantitative estimate of drug-likeness (QED) is 0.561.